The summed E-state index contributed by atoms with van der Waals surface area (Å²) in [6.07, 6.45) is 5.72. The minimum atomic E-state index is -0.998. The smallest absolute Gasteiger partial charge is 0.0602 e. The van der Waals surface area contributed by atoms with Crippen molar-refractivity contribution in [3.63, 3.8) is 0 Å². The normalized spacial score (nSPS) is 52.9. The van der Waals surface area contributed by atoms with E-state index in [4.69, 9.17) is 0 Å². The lowest BCUT2D eigenvalue weighted by Gasteiger charge is -2.63. The molecule has 3 N–H and O–H groups in total. The molecule has 4 saturated carbocycles. The monoisotopic (exact) mass is 407 g/mol. The van der Waals surface area contributed by atoms with Crippen molar-refractivity contribution in [3.8, 4) is 0 Å². The van der Waals surface area contributed by atoms with E-state index in [0.717, 1.165) is 44.9 Å². The third-order valence-corrected chi connectivity index (χ3v) is 10.3. The van der Waals surface area contributed by atoms with Crippen LogP contribution in [0.25, 0.3) is 0 Å². The summed E-state index contributed by atoms with van der Waals surface area (Å²) in [6.45, 7) is 6.67. The van der Waals surface area contributed by atoms with Crippen LogP contribution in [0.15, 0.2) is 0 Å². The highest BCUT2D eigenvalue weighted by Gasteiger charge is 2.65. The molecule has 0 aromatic heterocycles. The Morgan fingerprint density at radius 3 is 2.48 bits per heavy atom. The molecule has 11 atom stereocenters. The van der Waals surface area contributed by atoms with E-state index in [2.05, 4.69) is 20.8 Å². The zero-order chi connectivity index (χ0) is 21.1. The molecule has 0 saturated heterocycles. The lowest BCUT2D eigenvalue weighted by Crippen LogP contribution is -2.62. The SMILES string of the molecule is CC(CCC(=O)[O-])[C@H]1CCC2C3C(C[C@H](O)[C@@]21C)[C@@]1(C)CC[C@@H](O)CC1C[C@@H]3O. The highest BCUT2D eigenvalue weighted by molar-refractivity contribution is 5.64. The largest absolute Gasteiger partial charge is 0.550 e. The maximum atomic E-state index is 11.5. The van der Waals surface area contributed by atoms with Crippen LogP contribution in [-0.4, -0.2) is 39.6 Å². The molecule has 0 aromatic rings. The summed E-state index contributed by atoms with van der Waals surface area (Å²) in [5.41, 5.74) is -0.172. The van der Waals surface area contributed by atoms with Gasteiger partial charge in [0, 0.05) is 5.97 Å². The molecule has 29 heavy (non-hydrogen) atoms. The highest BCUT2D eigenvalue weighted by Crippen LogP contribution is 2.68. The Bertz CT molecular complexity index is 637. The van der Waals surface area contributed by atoms with Crippen molar-refractivity contribution < 1.29 is 25.2 Å². The Hall–Kier alpha value is -0.650. The molecule has 0 aliphatic heterocycles. The van der Waals surface area contributed by atoms with Crippen molar-refractivity contribution in [1.82, 2.24) is 0 Å². The zero-order valence-electron chi connectivity index (χ0n) is 18.2. The van der Waals surface area contributed by atoms with Crippen LogP contribution in [0, 0.1) is 46.3 Å². The number of hydrogen-bond donors (Lipinski definition) is 3. The summed E-state index contributed by atoms with van der Waals surface area (Å²) >= 11 is 0. The number of carbonyl (C=O) groups excluding carboxylic acids is 1. The number of rotatable bonds is 4. The van der Waals surface area contributed by atoms with Gasteiger partial charge >= 0.3 is 0 Å². The molecule has 166 valence electrons. The highest BCUT2D eigenvalue weighted by atomic mass is 16.4. The van der Waals surface area contributed by atoms with Gasteiger partial charge in [-0.25, -0.2) is 0 Å². The fourth-order valence-corrected chi connectivity index (χ4v) is 8.68. The Balaban J connectivity index is 1.61. The lowest BCUT2D eigenvalue weighted by molar-refractivity contribution is -0.306. The van der Waals surface area contributed by atoms with Crippen molar-refractivity contribution in [2.45, 2.75) is 96.9 Å². The summed E-state index contributed by atoms with van der Waals surface area (Å²) in [7, 11) is 0. The molecule has 5 unspecified atom stereocenters. The lowest BCUT2D eigenvalue weighted by atomic mass is 9.43. The van der Waals surface area contributed by atoms with Crippen molar-refractivity contribution in [3.05, 3.63) is 0 Å². The number of fused-ring (bicyclic) bond motifs is 5. The Morgan fingerprint density at radius 2 is 1.79 bits per heavy atom. The van der Waals surface area contributed by atoms with Crippen LogP contribution in [0.2, 0.25) is 0 Å². The third kappa shape index (κ3) is 3.27. The average molecular weight is 408 g/mol. The fourth-order valence-electron chi connectivity index (χ4n) is 8.68. The summed E-state index contributed by atoms with van der Waals surface area (Å²) in [4.78, 5) is 11.0. The molecule has 4 aliphatic rings. The van der Waals surface area contributed by atoms with E-state index in [-0.39, 0.29) is 53.1 Å². The summed E-state index contributed by atoms with van der Waals surface area (Å²) in [5.74, 6) is 0.635. The molecule has 4 rings (SSSR count). The molecule has 5 heteroatoms. The first-order valence-corrected chi connectivity index (χ1v) is 11.8. The van der Waals surface area contributed by atoms with Crippen LogP contribution in [0.1, 0.15) is 78.6 Å². The van der Waals surface area contributed by atoms with Gasteiger partial charge in [-0.2, -0.15) is 0 Å². The van der Waals surface area contributed by atoms with E-state index in [1.807, 2.05) is 0 Å². The predicted molar refractivity (Wildman–Crippen MR) is 107 cm³/mol. The Morgan fingerprint density at radius 1 is 1.07 bits per heavy atom. The number of carbonyl (C=O) groups is 1. The van der Waals surface area contributed by atoms with E-state index in [9.17, 15) is 25.2 Å². The van der Waals surface area contributed by atoms with Gasteiger partial charge in [0.15, 0.2) is 0 Å². The quantitative estimate of drug-likeness (QED) is 0.663. The van der Waals surface area contributed by atoms with Crippen LogP contribution >= 0.6 is 0 Å². The van der Waals surface area contributed by atoms with Crippen LogP contribution in [0.3, 0.4) is 0 Å². The van der Waals surface area contributed by atoms with E-state index in [0.29, 0.717) is 18.3 Å². The number of carboxylic acids is 1. The second kappa shape index (κ2) is 7.49. The fraction of sp³-hybridized carbons (Fsp3) is 0.958. The summed E-state index contributed by atoms with van der Waals surface area (Å²) in [5, 5.41) is 43.9. The Labute approximate surface area is 174 Å². The standard InChI is InChI=1S/C24H40O5/c1-13(4-7-21(28)29)16-5-6-17-22-18(12-20(27)24(16,17)3)23(2)9-8-15(25)10-14(23)11-19(22)26/h13-20,22,25-27H,4-12H2,1-3H3,(H,28,29)/p-1/t13?,14?,15-,16-,17?,18?,19+,20+,22?,23+,24-/m1/s1. The molecular weight excluding hydrogens is 368 g/mol. The van der Waals surface area contributed by atoms with Gasteiger partial charge in [-0.3, -0.25) is 0 Å². The Kier molecular flexibility index (Phi) is 5.57. The first kappa shape index (κ1) is 21.6. The summed E-state index contributed by atoms with van der Waals surface area (Å²) < 4.78 is 0. The van der Waals surface area contributed by atoms with Gasteiger partial charge in [-0.15, -0.1) is 0 Å². The topological polar surface area (TPSA) is 101 Å². The van der Waals surface area contributed by atoms with Crippen LogP contribution in [0.5, 0.6) is 0 Å². The van der Waals surface area contributed by atoms with Crippen LogP contribution in [0.4, 0.5) is 0 Å². The molecule has 5 nitrogen and oxygen atoms in total. The minimum absolute atomic E-state index is 0.0747. The number of aliphatic hydroxyl groups excluding tert-OH is 3. The van der Waals surface area contributed by atoms with Gasteiger partial charge in [-0.1, -0.05) is 20.8 Å². The van der Waals surface area contributed by atoms with Crippen molar-refractivity contribution >= 4 is 5.97 Å². The molecule has 0 aromatic carbocycles. The molecule has 0 radical (unpaired) electrons. The van der Waals surface area contributed by atoms with Crippen molar-refractivity contribution in [1.29, 1.82) is 0 Å². The van der Waals surface area contributed by atoms with Gasteiger partial charge in [0.2, 0.25) is 0 Å². The molecule has 0 amide bonds. The third-order valence-electron chi connectivity index (χ3n) is 10.3. The van der Waals surface area contributed by atoms with E-state index < -0.39 is 12.1 Å². The maximum Gasteiger partial charge on any atom is 0.0602 e. The zero-order valence-corrected chi connectivity index (χ0v) is 18.2. The molecule has 0 heterocycles. The molecule has 4 aliphatic carbocycles. The number of aliphatic carboxylic acids is 1. The van der Waals surface area contributed by atoms with Crippen LogP contribution in [-0.2, 0) is 4.79 Å². The second-order valence-electron chi connectivity index (χ2n) is 11.4. The first-order chi connectivity index (χ1) is 13.6. The van der Waals surface area contributed by atoms with Gasteiger partial charge in [0.05, 0.1) is 18.3 Å². The molecule has 0 spiro atoms. The number of aliphatic hydroxyl groups is 3. The average Bonchev–Trinajstić information content (AvgIpc) is 3.01. The number of carboxylic acid groups (broad SMARTS) is 1. The van der Waals surface area contributed by atoms with Gasteiger partial charge in [0.25, 0.3) is 0 Å². The van der Waals surface area contributed by atoms with E-state index in [1.54, 1.807) is 0 Å². The molecule has 0 bridgehead atoms. The summed E-state index contributed by atoms with van der Waals surface area (Å²) in [6, 6.07) is 0. The van der Waals surface area contributed by atoms with Crippen molar-refractivity contribution in [2.24, 2.45) is 46.3 Å². The van der Waals surface area contributed by atoms with Crippen LogP contribution < -0.4 is 5.11 Å². The van der Waals surface area contributed by atoms with Gasteiger partial charge < -0.3 is 25.2 Å². The van der Waals surface area contributed by atoms with E-state index in [1.165, 1.54) is 0 Å². The predicted octanol–water partition coefficient (Wildman–Crippen LogP) is 2.11. The maximum absolute atomic E-state index is 11.5. The van der Waals surface area contributed by atoms with E-state index >= 15 is 0 Å². The number of hydrogen-bond acceptors (Lipinski definition) is 5. The first-order valence-electron chi connectivity index (χ1n) is 11.8. The molecule has 4 fully saturated rings. The van der Waals surface area contributed by atoms with Crippen molar-refractivity contribution in [2.75, 3.05) is 0 Å². The van der Waals surface area contributed by atoms with Gasteiger partial charge in [0.1, 0.15) is 0 Å². The molecular formula is C24H39O5-. The van der Waals surface area contributed by atoms with Gasteiger partial charge in [-0.05, 0) is 104 Å². The minimum Gasteiger partial charge on any atom is -0.550 e. The second-order valence-corrected chi connectivity index (χ2v) is 11.4.